The molecule has 0 heterocycles. The van der Waals surface area contributed by atoms with E-state index in [1.54, 1.807) is 0 Å². The predicted molar refractivity (Wildman–Crippen MR) is 50.5 cm³/mol. The van der Waals surface area contributed by atoms with Crippen molar-refractivity contribution in [1.82, 2.24) is 0 Å². The maximum atomic E-state index is 9.35. The summed E-state index contributed by atoms with van der Waals surface area (Å²) in [6.07, 6.45) is 4.24. The van der Waals surface area contributed by atoms with Gasteiger partial charge in [0.15, 0.2) is 0 Å². The Morgan fingerprint density at radius 1 is 1.42 bits per heavy atom. The highest BCUT2D eigenvalue weighted by Gasteiger charge is 2.24. The molecule has 0 amide bonds. The largest absolute Gasteiger partial charge is 0.402 e. The van der Waals surface area contributed by atoms with Gasteiger partial charge in [0.1, 0.15) is 0 Å². The van der Waals surface area contributed by atoms with Gasteiger partial charge in [-0.25, -0.2) is 0 Å². The molecule has 1 atom stereocenters. The van der Waals surface area contributed by atoms with E-state index < -0.39 is 0 Å². The highest BCUT2D eigenvalue weighted by Crippen LogP contribution is 2.32. The number of rotatable bonds is 2. The van der Waals surface area contributed by atoms with Gasteiger partial charge < -0.3 is 10.8 Å². The van der Waals surface area contributed by atoms with Gasteiger partial charge in [-0.1, -0.05) is 6.58 Å². The van der Waals surface area contributed by atoms with Crippen LogP contribution in [0.25, 0.3) is 0 Å². The summed E-state index contributed by atoms with van der Waals surface area (Å²) in [5.41, 5.74) is 6.45. The molecule has 12 heavy (non-hydrogen) atoms. The van der Waals surface area contributed by atoms with Gasteiger partial charge in [0.25, 0.3) is 0 Å². The van der Waals surface area contributed by atoms with Crippen LogP contribution in [0.4, 0.5) is 0 Å². The van der Waals surface area contributed by atoms with E-state index in [-0.39, 0.29) is 6.10 Å². The van der Waals surface area contributed by atoms with E-state index in [0.717, 1.165) is 31.4 Å². The molecule has 1 unspecified atom stereocenters. The van der Waals surface area contributed by atoms with E-state index >= 15 is 0 Å². The van der Waals surface area contributed by atoms with Crippen molar-refractivity contribution in [3.8, 4) is 0 Å². The summed E-state index contributed by atoms with van der Waals surface area (Å²) in [6.45, 7) is 5.64. The second-order valence-electron chi connectivity index (χ2n) is 3.93. The predicted octanol–water partition coefficient (Wildman–Crippen LogP) is 1.65. The lowest BCUT2D eigenvalue weighted by atomic mass is 9.79. The van der Waals surface area contributed by atoms with Crippen LogP contribution in [0.5, 0.6) is 0 Å². The summed E-state index contributed by atoms with van der Waals surface area (Å²) in [4.78, 5) is 0. The Hall–Kier alpha value is -0.500. The van der Waals surface area contributed by atoms with E-state index in [2.05, 4.69) is 6.58 Å². The van der Waals surface area contributed by atoms with Crippen LogP contribution in [0.3, 0.4) is 0 Å². The molecular formula is C10H19NO. The van der Waals surface area contributed by atoms with E-state index in [0.29, 0.717) is 11.8 Å². The van der Waals surface area contributed by atoms with Gasteiger partial charge in [-0.2, -0.15) is 0 Å². The lowest BCUT2D eigenvalue weighted by Crippen LogP contribution is -2.25. The number of aliphatic hydroxyl groups is 1. The number of nitrogens with two attached hydrogens (primary N) is 1. The van der Waals surface area contributed by atoms with Gasteiger partial charge in [0.2, 0.25) is 0 Å². The van der Waals surface area contributed by atoms with Crippen LogP contribution in [0, 0.1) is 11.8 Å². The zero-order valence-corrected chi connectivity index (χ0v) is 7.79. The zero-order chi connectivity index (χ0) is 9.14. The van der Waals surface area contributed by atoms with Gasteiger partial charge in [0, 0.05) is 5.70 Å². The van der Waals surface area contributed by atoms with Crippen molar-refractivity contribution >= 4 is 0 Å². The van der Waals surface area contributed by atoms with Crippen molar-refractivity contribution in [2.75, 3.05) is 0 Å². The number of hydrogen-bond acceptors (Lipinski definition) is 2. The minimum atomic E-state index is -0.156. The lowest BCUT2D eigenvalue weighted by Gasteiger charge is -2.29. The fourth-order valence-corrected chi connectivity index (χ4v) is 1.97. The fourth-order valence-electron chi connectivity index (χ4n) is 1.97. The average molecular weight is 169 g/mol. The van der Waals surface area contributed by atoms with Crippen LogP contribution in [0.2, 0.25) is 0 Å². The number of allylic oxidation sites excluding steroid dienone is 1. The number of aliphatic hydroxyl groups excluding tert-OH is 1. The Morgan fingerprint density at radius 2 is 1.92 bits per heavy atom. The minimum absolute atomic E-state index is 0.156. The van der Waals surface area contributed by atoms with Gasteiger partial charge in [-0.05, 0) is 44.4 Å². The maximum Gasteiger partial charge on any atom is 0.0540 e. The standard InChI is InChI=1S/C10H19NO/c1-7(11)9-3-5-10(6-4-9)8(2)12/h8-10,12H,1,3-6,11H2,2H3. The van der Waals surface area contributed by atoms with Crippen LogP contribution in [0.1, 0.15) is 32.6 Å². The van der Waals surface area contributed by atoms with Crippen molar-refractivity contribution in [2.24, 2.45) is 17.6 Å². The molecule has 1 aliphatic rings. The van der Waals surface area contributed by atoms with Crippen LogP contribution in [0.15, 0.2) is 12.3 Å². The van der Waals surface area contributed by atoms with Crippen molar-refractivity contribution < 1.29 is 5.11 Å². The summed E-state index contributed by atoms with van der Waals surface area (Å²) >= 11 is 0. The molecule has 0 aromatic heterocycles. The summed E-state index contributed by atoms with van der Waals surface area (Å²) in [5.74, 6) is 0.987. The highest BCUT2D eigenvalue weighted by atomic mass is 16.3. The summed E-state index contributed by atoms with van der Waals surface area (Å²) in [5, 5.41) is 9.35. The summed E-state index contributed by atoms with van der Waals surface area (Å²) in [6, 6.07) is 0. The van der Waals surface area contributed by atoms with Crippen LogP contribution < -0.4 is 5.73 Å². The maximum absolute atomic E-state index is 9.35. The van der Waals surface area contributed by atoms with E-state index in [1.165, 1.54) is 0 Å². The first-order chi connectivity index (χ1) is 5.61. The Labute approximate surface area is 74.5 Å². The third-order valence-corrected chi connectivity index (χ3v) is 2.98. The Kier molecular flexibility index (Phi) is 3.15. The number of hydrogen-bond donors (Lipinski definition) is 2. The lowest BCUT2D eigenvalue weighted by molar-refractivity contribution is 0.0927. The molecule has 0 saturated heterocycles. The molecule has 2 heteroatoms. The van der Waals surface area contributed by atoms with Gasteiger partial charge in [-0.3, -0.25) is 0 Å². The molecular weight excluding hydrogens is 150 g/mol. The third-order valence-electron chi connectivity index (χ3n) is 2.98. The zero-order valence-electron chi connectivity index (χ0n) is 7.79. The molecule has 0 aromatic carbocycles. The average Bonchev–Trinajstić information content (AvgIpc) is 2.04. The molecule has 1 saturated carbocycles. The molecule has 3 N–H and O–H groups in total. The smallest absolute Gasteiger partial charge is 0.0540 e. The Balaban J connectivity index is 2.34. The van der Waals surface area contributed by atoms with Crippen LogP contribution >= 0.6 is 0 Å². The Morgan fingerprint density at radius 3 is 2.25 bits per heavy atom. The molecule has 1 rings (SSSR count). The SMILES string of the molecule is C=C(N)C1CCC(C(C)O)CC1. The van der Waals surface area contributed by atoms with Gasteiger partial charge in [0.05, 0.1) is 6.10 Å². The van der Waals surface area contributed by atoms with Gasteiger partial charge in [-0.15, -0.1) is 0 Å². The van der Waals surface area contributed by atoms with Crippen LogP contribution in [-0.2, 0) is 0 Å². The summed E-state index contributed by atoms with van der Waals surface area (Å²) < 4.78 is 0. The normalized spacial score (nSPS) is 32.8. The second-order valence-corrected chi connectivity index (χ2v) is 3.93. The molecule has 0 aliphatic heterocycles. The molecule has 2 nitrogen and oxygen atoms in total. The quantitative estimate of drug-likeness (QED) is 0.660. The van der Waals surface area contributed by atoms with E-state index in [1.807, 2.05) is 6.92 Å². The van der Waals surface area contributed by atoms with E-state index in [4.69, 9.17) is 5.73 Å². The van der Waals surface area contributed by atoms with Gasteiger partial charge >= 0.3 is 0 Å². The van der Waals surface area contributed by atoms with Crippen molar-refractivity contribution in [3.05, 3.63) is 12.3 Å². The molecule has 70 valence electrons. The van der Waals surface area contributed by atoms with Crippen molar-refractivity contribution in [1.29, 1.82) is 0 Å². The van der Waals surface area contributed by atoms with E-state index in [9.17, 15) is 5.11 Å². The second kappa shape index (κ2) is 3.94. The fraction of sp³-hybridized carbons (Fsp3) is 0.800. The monoisotopic (exact) mass is 169 g/mol. The minimum Gasteiger partial charge on any atom is -0.402 e. The highest BCUT2D eigenvalue weighted by molar-refractivity contribution is 4.96. The molecule has 1 fully saturated rings. The molecule has 0 spiro atoms. The third kappa shape index (κ3) is 2.24. The van der Waals surface area contributed by atoms with Crippen molar-refractivity contribution in [3.63, 3.8) is 0 Å². The molecule has 1 aliphatic carbocycles. The first-order valence-electron chi connectivity index (χ1n) is 4.73. The Bertz CT molecular complexity index is 157. The first kappa shape index (κ1) is 9.59. The first-order valence-corrected chi connectivity index (χ1v) is 4.73. The topological polar surface area (TPSA) is 46.2 Å². The van der Waals surface area contributed by atoms with Crippen molar-refractivity contribution in [2.45, 2.75) is 38.7 Å². The molecule has 0 radical (unpaired) electrons. The molecule has 0 aromatic rings. The summed E-state index contributed by atoms with van der Waals surface area (Å²) in [7, 11) is 0. The van der Waals surface area contributed by atoms with Crippen LogP contribution in [-0.4, -0.2) is 11.2 Å². The molecule has 0 bridgehead atoms.